The average molecular weight is 373 g/mol. The van der Waals surface area contributed by atoms with Crippen LogP contribution in [0.1, 0.15) is 10.4 Å². The molecule has 1 amide bonds. The monoisotopic (exact) mass is 373 g/mol. The number of anilines is 2. The first-order valence-electron chi connectivity index (χ1n) is 7.86. The highest BCUT2D eigenvalue weighted by Crippen LogP contribution is 2.22. The minimum atomic E-state index is -3.38. The van der Waals surface area contributed by atoms with Gasteiger partial charge in [0.1, 0.15) is 12.2 Å². The van der Waals surface area contributed by atoms with E-state index < -0.39 is 10.0 Å². The third-order valence-corrected chi connectivity index (χ3v) is 5.71. The second kappa shape index (κ2) is 6.43. The summed E-state index contributed by atoms with van der Waals surface area (Å²) in [6.07, 6.45) is 1.34. The highest BCUT2D eigenvalue weighted by Gasteiger charge is 2.26. The van der Waals surface area contributed by atoms with E-state index in [2.05, 4.69) is 10.3 Å². The molecule has 134 valence electrons. The topological polar surface area (TPSA) is 102 Å². The number of hydrogen-bond acceptors (Lipinski definition) is 6. The molecule has 0 atom stereocenters. The van der Waals surface area contributed by atoms with Crippen LogP contribution in [0.15, 0.2) is 53.3 Å². The number of carbonyl (C=O) groups excluding carboxylic acids is 1. The number of sulfonamides is 1. The van der Waals surface area contributed by atoms with E-state index in [-0.39, 0.29) is 25.0 Å². The molecule has 1 saturated heterocycles. The van der Waals surface area contributed by atoms with Crippen LogP contribution in [0.25, 0.3) is 11.1 Å². The van der Waals surface area contributed by atoms with E-state index in [1.54, 1.807) is 42.5 Å². The number of benzene rings is 2. The lowest BCUT2D eigenvalue weighted by atomic mass is 10.2. The molecule has 1 N–H and O–H groups in total. The molecule has 0 spiro atoms. The third-order valence-electron chi connectivity index (χ3n) is 4.04. The molecule has 0 radical (unpaired) electrons. The molecule has 3 aromatic rings. The molecule has 0 saturated carbocycles. The molecule has 8 nitrogen and oxygen atoms in total. The number of ether oxygens (including phenoxy) is 1. The van der Waals surface area contributed by atoms with Gasteiger partial charge in [-0.15, -0.1) is 0 Å². The minimum absolute atomic E-state index is 0.0227. The van der Waals surface area contributed by atoms with Gasteiger partial charge in [0.05, 0.1) is 18.0 Å². The Kier molecular flexibility index (Phi) is 4.09. The van der Waals surface area contributed by atoms with Crippen molar-refractivity contribution in [2.24, 2.45) is 0 Å². The normalized spacial score (nSPS) is 16.5. The molecule has 9 heteroatoms. The van der Waals surface area contributed by atoms with Gasteiger partial charge in [-0.05, 0) is 36.4 Å². The van der Waals surface area contributed by atoms with Crippen LogP contribution in [0, 0.1) is 0 Å². The van der Waals surface area contributed by atoms with E-state index >= 15 is 0 Å². The van der Waals surface area contributed by atoms with Crippen LogP contribution < -0.4 is 9.62 Å². The molecule has 26 heavy (non-hydrogen) atoms. The summed E-state index contributed by atoms with van der Waals surface area (Å²) in [5, 5.41) is 2.77. The molecular weight excluding hydrogens is 358 g/mol. The van der Waals surface area contributed by atoms with E-state index in [4.69, 9.17) is 9.15 Å². The number of hydrogen-bond donors (Lipinski definition) is 1. The SMILES string of the molecule is O=C(Nc1ccc2ncoc2c1)c1ccc(N2COCCS2(=O)=O)cc1. The van der Waals surface area contributed by atoms with Crippen LogP contribution in [-0.2, 0) is 14.8 Å². The van der Waals surface area contributed by atoms with Crippen molar-refractivity contribution in [1.29, 1.82) is 0 Å². The lowest BCUT2D eigenvalue weighted by molar-refractivity contribution is 0.102. The summed E-state index contributed by atoms with van der Waals surface area (Å²) in [5.74, 6) is -0.368. The van der Waals surface area contributed by atoms with Crippen LogP contribution in [0.3, 0.4) is 0 Å². The van der Waals surface area contributed by atoms with Gasteiger partial charge >= 0.3 is 0 Å². The van der Waals surface area contributed by atoms with Crippen molar-refractivity contribution in [3.05, 3.63) is 54.4 Å². The maximum atomic E-state index is 12.4. The number of amides is 1. The molecule has 0 unspecified atom stereocenters. The standard InChI is InChI=1S/C17H15N3O5S/c21-17(19-13-3-6-15-16(9-13)25-10-18-15)12-1-4-14(5-2-12)20-11-24-7-8-26(20,22)23/h1-6,9-10H,7-8,11H2,(H,19,21). The van der Waals surface area contributed by atoms with Gasteiger partial charge in [-0.1, -0.05) is 0 Å². The van der Waals surface area contributed by atoms with Crippen LogP contribution in [0.5, 0.6) is 0 Å². The Hall–Kier alpha value is -2.91. The average Bonchev–Trinajstić information content (AvgIpc) is 3.09. The fourth-order valence-corrected chi connectivity index (χ4v) is 3.88. The van der Waals surface area contributed by atoms with Crippen molar-refractivity contribution >= 4 is 38.4 Å². The molecule has 0 aliphatic carbocycles. The Balaban J connectivity index is 1.51. The van der Waals surface area contributed by atoms with Crippen molar-refractivity contribution in [3.8, 4) is 0 Å². The van der Waals surface area contributed by atoms with E-state index in [1.807, 2.05) is 0 Å². The molecule has 1 fully saturated rings. The lowest BCUT2D eigenvalue weighted by Crippen LogP contribution is -2.41. The summed E-state index contributed by atoms with van der Waals surface area (Å²) >= 11 is 0. The first-order chi connectivity index (χ1) is 12.5. The van der Waals surface area contributed by atoms with Gasteiger partial charge in [-0.25, -0.2) is 17.7 Å². The van der Waals surface area contributed by atoms with Crippen molar-refractivity contribution in [1.82, 2.24) is 4.98 Å². The van der Waals surface area contributed by atoms with Crippen molar-refractivity contribution < 1.29 is 22.4 Å². The molecular formula is C17H15N3O5S. The predicted molar refractivity (Wildman–Crippen MR) is 95.5 cm³/mol. The van der Waals surface area contributed by atoms with Crippen molar-refractivity contribution in [2.45, 2.75) is 0 Å². The Labute approximate surface area is 149 Å². The number of carbonyl (C=O) groups is 1. The fourth-order valence-electron chi connectivity index (χ4n) is 2.65. The smallest absolute Gasteiger partial charge is 0.255 e. The second-order valence-electron chi connectivity index (χ2n) is 5.74. The molecule has 1 aliphatic heterocycles. The van der Waals surface area contributed by atoms with Crippen LogP contribution in [-0.4, -0.2) is 38.4 Å². The zero-order valence-corrected chi connectivity index (χ0v) is 14.4. The predicted octanol–water partition coefficient (Wildman–Crippen LogP) is 2.20. The number of oxazole rings is 1. The summed E-state index contributed by atoms with van der Waals surface area (Å²) in [6, 6.07) is 11.5. The molecule has 1 aromatic heterocycles. The van der Waals surface area contributed by atoms with Crippen LogP contribution in [0.4, 0.5) is 11.4 Å². The number of nitrogens with zero attached hydrogens (tertiary/aromatic N) is 2. The maximum Gasteiger partial charge on any atom is 0.255 e. The van der Waals surface area contributed by atoms with E-state index in [1.165, 1.54) is 10.7 Å². The Morgan fingerprint density at radius 3 is 2.73 bits per heavy atom. The third kappa shape index (κ3) is 3.14. The van der Waals surface area contributed by atoms with Gasteiger partial charge in [0.25, 0.3) is 5.91 Å². The summed E-state index contributed by atoms with van der Waals surface area (Å²) < 4.78 is 35.8. The van der Waals surface area contributed by atoms with Gasteiger partial charge in [0.2, 0.25) is 10.0 Å². The van der Waals surface area contributed by atoms with Crippen LogP contribution >= 0.6 is 0 Å². The zero-order chi connectivity index (χ0) is 18.1. The minimum Gasteiger partial charge on any atom is -0.443 e. The molecule has 0 bridgehead atoms. The largest absolute Gasteiger partial charge is 0.443 e. The summed E-state index contributed by atoms with van der Waals surface area (Å²) in [7, 11) is -3.38. The van der Waals surface area contributed by atoms with Gasteiger partial charge in [-0.3, -0.25) is 4.79 Å². The second-order valence-corrected chi connectivity index (χ2v) is 7.75. The van der Waals surface area contributed by atoms with Crippen LogP contribution in [0.2, 0.25) is 0 Å². The Morgan fingerprint density at radius 1 is 1.15 bits per heavy atom. The molecule has 1 aliphatic rings. The lowest BCUT2D eigenvalue weighted by Gasteiger charge is -2.28. The van der Waals surface area contributed by atoms with Gasteiger partial charge in [-0.2, -0.15) is 0 Å². The Bertz CT molecular complexity index is 1060. The molecule has 4 rings (SSSR count). The number of nitrogens with one attached hydrogen (secondary N) is 1. The van der Waals surface area contributed by atoms with Crippen molar-refractivity contribution in [2.75, 3.05) is 28.7 Å². The number of aromatic nitrogens is 1. The fraction of sp³-hybridized carbons (Fsp3) is 0.176. The van der Waals surface area contributed by atoms with Gasteiger partial charge in [0, 0.05) is 17.3 Å². The van der Waals surface area contributed by atoms with E-state index in [0.717, 1.165) is 0 Å². The van der Waals surface area contributed by atoms with Gasteiger partial charge < -0.3 is 14.5 Å². The van der Waals surface area contributed by atoms with Crippen molar-refractivity contribution in [3.63, 3.8) is 0 Å². The maximum absolute atomic E-state index is 12.4. The number of fused-ring (bicyclic) bond motifs is 1. The zero-order valence-electron chi connectivity index (χ0n) is 13.6. The van der Waals surface area contributed by atoms with Gasteiger partial charge in [0.15, 0.2) is 12.0 Å². The summed E-state index contributed by atoms with van der Waals surface area (Å²) in [5.41, 5.74) is 2.73. The highest BCUT2D eigenvalue weighted by molar-refractivity contribution is 7.92. The summed E-state index contributed by atoms with van der Waals surface area (Å²) in [4.78, 5) is 16.4. The summed E-state index contributed by atoms with van der Waals surface area (Å²) in [6.45, 7) is 0.167. The highest BCUT2D eigenvalue weighted by atomic mass is 32.2. The first kappa shape index (κ1) is 16.6. The Morgan fingerprint density at radius 2 is 1.96 bits per heavy atom. The van der Waals surface area contributed by atoms with E-state index in [0.29, 0.717) is 28.0 Å². The number of rotatable bonds is 3. The van der Waals surface area contributed by atoms with E-state index in [9.17, 15) is 13.2 Å². The molecule has 2 aromatic carbocycles. The molecule has 2 heterocycles. The first-order valence-corrected chi connectivity index (χ1v) is 9.47. The quantitative estimate of drug-likeness (QED) is 0.755.